The van der Waals surface area contributed by atoms with E-state index in [0.717, 1.165) is 24.8 Å². The Morgan fingerprint density at radius 3 is 2.68 bits per heavy atom. The van der Waals surface area contributed by atoms with Gasteiger partial charge in [-0.05, 0) is 37.5 Å². The number of anilines is 1. The number of hydrogen-bond acceptors (Lipinski definition) is 3. The quantitative estimate of drug-likeness (QED) is 0.841. The van der Waals surface area contributed by atoms with Crippen LogP contribution in [0.2, 0.25) is 0 Å². The van der Waals surface area contributed by atoms with Crippen molar-refractivity contribution in [1.82, 2.24) is 0 Å². The number of hydrogen-bond donors (Lipinski definition) is 1. The van der Waals surface area contributed by atoms with Crippen molar-refractivity contribution >= 4 is 17.4 Å². The summed E-state index contributed by atoms with van der Waals surface area (Å²) in [6.07, 6.45) is 2.61. The first kappa shape index (κ1) is 13.3. The van der Waals surface area contributed by atoms with Crippen LogP contribution < -0.4 is 5.32 Å². The van der Waals surface area contributed by atoms with Gasteiger partial charge in [-0.3, -0.25) is 9.59 Å². The second-order valence-corrected chi connectivity index (χ2v) is 4.95. The Labute approximate surface area is 112 Å². The minimum atomic E-state index is -1.19. The predicted molar refractivity (Wildman–Crippen MR) is 71.3 cm³/mol. The molecule has 1 N–H and O–H groups in total. The summed E-state index contributed by atoms with van der Waals surface area (Å²) in [6.45, 7) is 1.91. The predicted octanol–water partition coefficient (Wildman–Crippen LogP) is 2.44. The maximum absolute atomic E-state index is 12.0. The van der Waals surface area contributed by atoms with Crippen LogP contribution in [0.5, 0.6) is 0 Å². The monoisotopic (exact) mass is 256 g/mol. The van der Waals surface area contributed by atoms with Crippen LogP contribution >= 0.6 is 0 Å². The minimum Gasteiger partial charge on any atom is -0.325 e. The Morgan fingerprint density at radius 2 is 2.16 bits per heavy atom. The number of nitrogens with one attached hydrogen (secondary N) is 1. The summed E-state index contributed by atoms with van der Waals surface area (Å²) in [5, 5.41) is 11.7. The molecule has 98 valence electrons. The van der Waals surface area contributed by atoms with Crippen LogP contribution in [0, 0.1) is 30.1 Å². The van der Waals surface area contributed by atoms with E-state index in [2.05, 4.69) is 5.32 Å². The van der Waals surface area contributed by atoms with E-state index in [1.807, 2.05) is 25.1 Å². The highest BCUT2D eigenvalue weighted by Crippen LogP contribution is 2.29. The molecular weight excluding hydrogens is 240 g/mol. The van der Waals surface area contributed by atoms with E-state index in [4.69, 9.17) is 5.26 Å². The van der Waals surface area contributed by atoms with Gasteiger partial charge in [-0.15, -0.1) is 0 Å². The molecule has 0 radical (unpaired) electrons. The van der Waals surface area contributed by atoms with Gasteiger partial charge in [0.05, 0.1) is 6.07 Å². The summed E-state index contributed by atoms with van der Waals surface area (Å²) in [7, 11) is 0. The number of carbonyl (C=O) groups excluding carboxylic acids is 2. The van der Waals surface area contributed by atoms with E-state index in [-0.39, 0.29) is 11.7 Å². The van der Waals surface area contributed by atoms with Gasteiger partial charge in [0.2, 0.25) is 5.91 Å². The zero-order valence-corrected chi connectivity index (χ0v) is 10.8. The largest absolute Gasteiger partial charge is 0.325 e. The highest BCUT2D eigenvalue weighted by atomic mass is 16.2. The molecule has 1 aromatic carbocycles. The molecule has 4 heteroatoms. The molecule has 0 aliphatic heterocycles. The molecule has 0 heterocycles. The third kappa shape index (κ3) is 3.00. The van der Waals surface area contributed by atoms with Crippen molar-refractivity contribution in [3.8, 4) is 6.07 Å². The fraction of sp³-hybridized carbons (Fsp3) is 0.400. The van der Waals surface area contributed by atoms with Crippen LogP contribution in [-0.2, 0) is 9.59 Å². The molecule has 4 nitrogen and oxygen atoms in total. The van der Waals surface area contributed by atoms with E-state index in [0.29, 0.717) is 5.69 Å². The first-order valence-corrected chi connectivity index (χ1v) is 6.42. The fourth-order valence-corrected chi connectivity index (χ4v) is 2.12. The Bertz CT molecular complexity index is 541. The number of ketones is 1. The van der Waals surface area contributed by atoms with Crippen LogP contribution in [0.25, 0.3) is 0 Å². The zero-order chi connectivity index (χ0) is 13.8. The van der Waals surface area contributed by atoms with E-state index in [9.17, 15) is 9.59 Å². The van der Waals surface area contributed by atoms with E-state index in [1.165, 1.54) is 0 Å². The van der Waals surface area contributed by atoms with Gasteiger partial charge in [0, 0.05) is 11.6 Å². The Hall–Kier alpha value is -2.15. The topological polar surface area (TPSA) is 70.0 Å². The van der Waals surface area contributed by atoms with Gasteiger partial charge in [-0.25, -0.2) is 0 Å². The average molecular weight is 256 g/mol. The van der Waals surface area contributed by atoms with Crippen molar-refractivity contribution in [2.24, 2.45) is 11.8 Å². The van der Waals surface area contributed by atoms with Crippen LogP contribution in [0.15, 0.2) is 24.3 Å². The molecular formula is C15H16N2O2. The van der Waals surface area contributed by atoms with Gasteiger partial charge < -0.3 is 5.32 Å². The fourth-order valence-electron chi connectivity index (χ4n) is 2.12. The number of amides is 1. The number of nitrogens with zero attached hydrogens (tertiary/aromatic N) is 1. The molecule has 1 aliphatic carbocycles. The van der Waals surface area contributed by atoms with Crippen LogP contribution in [0.1, 0.15) is 24.8 Å². The van der Waals surface area contributed by atoms with Gasteiger partial charge in [0.15, 0.2) is 11.7 Å². The molecule has 1 atom stereocenters. The van der Waals surface area contributed by atoms with Gasteiger partial charge in [0.1, 0.15) is 0 Å². The summed E-state index contributed by atoms with van der Waals surface area (Å²) in [5.41, 5.74) is 1.63. The van der Waals surface area contributed by atoms with E-state index in [1.54, 1.807) is 12.1 Å². The van der Waals surface area contributed by atoms with Crippen LogP contribution in [0.4, 0.5) is 5.69 Å². The molecule has 0 spiro atoms. The smallest absolute Gasteiger partial charge is 0.249 e. The summed E-state index contributed by atoms with van der Waals surface area (Å²) in [4.78, 5) is 24.0. The first-order valence-electron chi connectivity index (χ1n) is 6.42. The number of carbonyl (C=O) groups is 2. The lowest BCUT2D eigenvalue weighted by Crippen LogP contribution is -2.35. The van der Waals surface area contributed by atoms with Crippen molar-refractivity contribution in [2.75, 3.05) is 5.32 Å². The first-order chi connectivity index (χ1) is 9.11. The highest BCUT2D eigenvalue weighted by molar-refractivity contribution is 6.10. The van der Waals surface area contributed by atoms with E-state index < -0.39 is 11.8 Å². The molecule has 0 aromatic heterocycles. The van der Waals surface area contributed by atoms with Crippen molar-refractivity contribution in [3.05, 3.63) is 29.8 Å². The van der Waals surface area contributed by atoms with Gasteiger partial charge in [-0.2, -0.15) is 5.26 Å². The molecule has 0 saturated heterocycles. The average Bonchev–Trinajstić information content (AvgIpc) is 2.27. The van der Waals surface area contributed by atoms with Crippen molar-refractivity contribution < 1.29 is 9.59 Å². The third-order valence-electron chi connectivity index (χ3n) is 3.47. The lowest BCUT2D eigenvalue weighted by Gasteiger charge is -2.25. The zero-order valence-electron chi connectivity index (χ0n) is 10.8. The Morgan fingerprint density at radius 1 is 1.42 bits per heavy atom. The van der Waals surface area contributed by atoms with Crippen LogP contribution in [0.3, 0.4) is 0 Å². The number of rotatable bonds is 4. The SMILES string of the molecule is Cc1cccc(NC(=O)[C@@H](C#N)C(=O)C2CCC2)c1. The lowest BCUT2D eigenvalue weighted by molar-refractivity contribution is -0.133. The van der Waals surface area contributed by atoms with Crippen molar-refractivity contribution in [2.45, 2.75) is 26.2 Å². The molecule has 19 heavy (non-hydrogen) atoms. The van der Waals surface area contributed by atoms with Crippen molar-refractivity contribution in [3.63, 3.8) is 0 Å². The molecule has 1 saturated carbocycles. The highest BCUT2D eigenvalue weighted by Gasteiger charge is 2.35. The molecule has 1 aromatic rings. The molecule has 2 rings (SSSR count). The van der Waals surface area contributed by atoms with Crippen molar-refractivity contribution in [1.29, 1.82) is 5.26 Å². The third-order valence-corrected chi connectivity index (χ3v) is 3.47. The summed E-state index contributed by atoms with van der Waals surface area (Å²) in [6, 6.07) is 9.11. The summed E-state index contributed by atoms with van der Waals surface area (Å²) < 4.78 is 0. The molecule has 1 fully saturated rings. The van der Waals surface area contributed by atoms with Gasteiger partial charge in [0.25, 0.3) is 0 Å². The number of Topliss-reactive ketones (excluding diaryl/α,β-unsaturated/α-hetero) is 1. The van der Waals surface area contributed by atoms with E-state index >= 15 is 0 Å². The normalized spacial score (nSPS) is 16.0. The standard InChI is InChI=1S/C15H16N2O2/c1-10-4-2-7-12(8-10)17-15(19)13(9-16)14(18)11-5-3-6-11/h2,4,7-8,11,13H,3,5-6H2,1H3,(H,17,19)/t13-/m0/s1. The summed E-state index contributed by atoms with van der Waals surface area (Å²) in [5.74, 6) is -2.05. The second-order valence-electron chi connectivity index (χ2n) is 4.95. The molecule has 1 amide bonds. The maximum atomic E-state index is 12.0. The van der Waals surface area contributed by atoms with Crippen LogP contribution in [-0.4, -0.2) is 11.7 Å². The number of nitriles is 1. The molecule has 0 bridgehead atoms. The Kier molecular flexibility index (Phi) is 3.96. The maximum Gasteiger partial charge on any atom is 0.249 e. The summed E-state index contributed by atoms with van der Waals surface area (Å²) >= 11 is 0. The number of benzene rings is 1. The second kappa shape index (κ2) is 5.66. The van der Waals surface area contributed by atoms with Gasteiger partial charge >= 0.3 is 0 Å². The Balaban J connectivity index is 2.05. The molecule has 0 unspecified atom stereocenters. The number of aryl methyl sites for hydroxylation is 1. The molecule has 1 aliphatic rings. The lowest BCUT2D eigenvalue weighted by atomic mass is 9.78. The minimum absolute atomic E-state index is 0.104. The van der Waals surface area contributed by atoms with Gasteiger partial charge in [-0.1, -0.05) is 18.6 Å².